The summed E-state index contributed by atoms with van der Waals surface area (Å²) in [6, 6.07) is 19.0. The van der Waals surface area contributed by atoms with Crippen LogP contribution in [0.4, 0.5) is 0 Å². The van der Waals surface area contributed by atoms with E-state index in [1.165, 1.54) is 43.5 Å². The molecule has 5 rings (SSSR count). The summed E-state index contributed by atoms with van der Waals surface area (Å²) >= 11 is 0. The Bertz CT molecular complexity index is 1640. The molecule has 3 aromatic rings. The lowest BCUT2D eigenvalue weighted by molar-refractivity contribution is -0.307. The highest BCUT2D eigenvalue weighted by molar-refractivity contribution is 5.76. The van der Waals surface area contributed by atoms with Crippen molar-refractivity contribution in [1.29, 1.82) is 0 Å². The Hall–Kier alpha value is -5.17. The average Bonchev–Trinajstić information content (AvgIpc) is 3.13. The van der Waals surface area contributed by atoms with Gasteiger partial charge in [-0.25, -0.2) is 0 Å². The Morgan fingerprint density at radius 3 is 1.68 bits per heavy atom. The molecule has 0 radical (unpaired) electrons. The first kappa shape index (κ1) is 39.0. The van der Waals surface area contributed by atoms with Gasteiger partial charge in [0.25, 0.3) is 0 Å². The fraction of sp³-hybridized carbons (Fsp3) is 0.390. The van der Waals surface area contributed by atoms with Crippen LogP contribution in [-0.2, 0) is 48.4 Å². The number of carbonyl (C=O) groups excluding carboxylic acids is 3. The van der Waals surface area contributed by atoms with Crippen molar-refractivity contribution in [2.75, 3.05) is 13.7 Å². The molecule has 0 spiro atoms. The highest BCUT2D eigenvalue weighted by atomic mass is 16.7. The Morgan fingerprint density at radius 1 is 0.792 bits per heavy atom. The summed E-state index contributed by atoms with van der Waals surface area (Å²) in [6.07, 6.45) is -0.242. The fourth-order valence-electron chi connectivity index (χ4n) is 6.44. The van der Waals surface area contributed by atoms with Gasteiger partial charge in [0.2, 0.25) is 0 Å². The number of rotatable bonds is 11. The first-order chi connectivity index (χ1) is 25.4. The van der Waals surface area contributed by atoms with Crippen LogP contribution in [0.25, 0.3) is 0 Å². The molecule has 53 heavy (non-hydrogen) atoms. The second kappa shape index (κ2) is 17.1. The molecule has 3 aromatic carbocycles. The molecule has 0 aliphatic carbocycles. The van der Waals surface area contributed by atoms with E-state index in [1.54, 1.807) is 68.5 Å². The molecule has 0 unspecified atom stereocenters. The van der Waals surface area contributed by atoms with E-state index in [0.717, 1.165) is 0 Å². The summed E-state index contributed by atoms with van der Waals surface area (Å²) in [5.74, 6) is -1.84. The van der Waals surface area contributed by atoms with E-state index in [2.05, 4.69) is 6.58 Å². The number of esters is 3. The molecule has 12 nitrogen and oxygen atoms in total. The minimum absolute atomic E-state index is 0.00660. The van der Waals surface area contributed by atoms with Crippen molar-refractivity contribution in [2.45, 2.75) is 82.3 Å². The first-order valence-electron chi connectivity index (χ1n) is 17.4. The third-order valence-corrected chi connectivity index (χ3v) is 9.29. The Balaban J connectivity index is 1.64. The zero-order chi connectivity index (χ0) is 38.2. The van der Waals surface area contributed by atoms with Crippen LogP contribution in [0, 0.1) is 5.41 Å². The standard InChI is InChI=1S/C41H46O12/c1-5-24-40(2,3)39(47)53-35-32(50-38(48-4)37-36(35)51-33(45)10-8-6-7-9-11-34(46)52-37)25-49-41(26-12-18-29(42)19-13-26,27-14-20-30(43)21-15-27)28-16-22-31(44)23-17-28/h5-7,12-23,32,35-38,42-44H,1,8-11,24-25H2,2-4H3/t32-,35-,36+,37-,38+/m1/s1. The molecular formula is C41H46O12. The summed E-state index contributed by atoms with van der Waals surface area (Å²) in [5, 5.41) is 30.7. The predicted octanol–water partition coefficient (Wildman–Crippen LogP) is 5.95. The number of carbonyl (C=O) groups is 3. The first-order valence-corrected chi connectivity index (χ1v) is 17.4. The number of methoxy groups -OCH3 is 1. The molecule has 5 atom stereocenters. The number of phenols is 3. The largest absolute Gasteiger partial charge is 0.508 e. The predicted molar refractivity (Wildman–Crippen MR) is 192 cm³/mol. The number of allylic oxidation sites excluding steroid dienone is 3. The summed E-state index contributed by atoms with van der Waals surface area (Å²) in [6.45, 7) is 6.80. The number of benzene rings is 3. The van der Waals surface area contributed by atoms with Crippen molar-refractivity contribution in [3.05, 3.63) is 114 Å². The maximum atomic E-state index is 13.9. The second-order valence-corrected chi connectivity index (χ2v) is 13.6. The van der Waals surface area contributed by atoms with Crippen molar-refractivity contribution in [1.82, 2.24) is 0 Å². The van der Waals surface area contributed by atoms with Gasteiger partial charge in [-0.05, 0) is 86.2 Å². The number of aromatic hydroxyl groups is 3. The highest BCUT2D eigenvalue weighted by Crippen LogP contribution is 2.43. The van der Waals surface area contributed by atoms with Crippen molar-refractivity contribution in [2.24, 2.45) is 5.41 Å². The third-order valence-electron chi connectivity index (χ3n) is 9.29. The lowest BCUT2D eigenvalue weighted by Gasteiger charge is -2.46. The third kappa shape index (κ3) is 9.08. The van der Waals surface area contributed by atoms with E-state index < -0.39 is 59.6 Å². The minimum Gasteiger partial charge on any atom is -0.508 e. The lowest BCUT2D eigenvalue weighted by atomic mass is 9.79. The van der Waals surface area contributed by atoms with Gasteiger partial charge in [0, 0.05) is 20.0 Å². The van der Waals surface area contributed by atoms with Gasteiger partial charge in [0.05, 0.1) is 12.0 Å². The van der Waals surface area contributed by atoms with Gasteiger partial charge in [-0.2, -0.15) is 0 Å². The van der Waals surface area contributed by atoms with Crippen LogP contribution < -0.4 is 0 Å². The molecule has 2 heterocycles. The number of fused-ring (bicyclic) bond motifs is 1. The van der Waals surface area contributed by atoms with Crippen LogP contribution in [0.2, 0.25) is 0 Å². The van der Waals surface area contributed by atoms with Crippen LogP contribution in [-0.4, -0.2) is 77.7 Å². The number of hydrogen-bond acceptors (Lipinski definition) is 12. The monoisotopic (exact) mass is 730 g/mol. The van der Waals surface area contributed by atoms with E-state index in [9.17, 15) is 29.7 Å². The van der Waals surface area contributed by atoms with Crippen molar-refractivity contribution >= 4 is 17.9 Å². The molecule has 2 aliphatic heterocycles. The Morgan fingerprint density at radius 2 is 1.25 bits per heavy atom. The van der Waals surface area contributed by atoms with Gasteiger partial charge in [-0.3, -0.25) is 14.4 Å². The van der Waals surface area contributed by atoms with Crippen molar-refractivity contribution < 1.29 is 58.1 Å². The second-order valence-electron chi connectivity index (χ2n) is 13.6. The van der Waals surface area contributed by atoms with Crippen LogP contribution in [0.5, 0.6) is 17.2 Å². The normalized spacial score (nSPS) is 22.7. The van der Waals surface area contributed by atoms with Gasteiger partial charge >= 0.3 is 17.9 Å². The molecule has 1 fully saturated rings. The lowest BCUT2D eigenvalue weighted by Crippen LogP contribution is -2.63. The Kier molecular flexibility index (Phi) is 12.6. The van der Waals surface area contributed by atoms with E-state index >= 15 is 0 Å². The molecule has 0 aromatic heterocycles. The molecule has 1 saturated heterocycles. The van der Waals surface area contributed by atoms with Crippen LogP contribution in [0.1, 0.15) is 62.6 Å². The molecule has 0 bridgehead atoms. The summed E-state index contributed by atoms with van der Waals surface area (Å²) in [7, 11) is 1.35. The van der Waals surface area contributed by atoms with E-state index in [4.69, 9.17) is 28.4 Å². The number of ether oxygens (including phenoxy) is 6. The molecule has 282 valence electrons. The molecule has 2 aliphatic rings. The zero-order valence-electron chi connectivity index (χ0n) is 30.0. The molecule has 0 amide bonds. The molecular weight excluding hydrogens is 684 g/mol. The quantitative estimate of drug-likeness (QED) is 0.0920. The molecule has 3 N–H and O–H groups in total. The zero-order valence-corrected chi connectivity index (χ0v) is 30.0. The minimum atomic E-state index is -1.49. The number of phenolic OH excluding ortho intramolecular Hbond substituents is 3. The molecule has 0 saturated carbocycles. The number of hydrogen-bond donors (Lipinski definition) is 3. The van der Waals surface area contributed by atoms with E-state index in [-0.39, 0.29) is 43.1 Å². The smallest absolute Gasteiger partial charge is 0.312 e. The van der Waals surface area contributed by atoms with E-state index in [1.807, 2.05) is 0 Å². The van der Waals surface area contributed by atoms with E-state index in [0.29, 0.717) is 29.5 Å². The summed E-state index contributed by atoms with van der Waals surface area (Å²) in [5.41, 5.74) is -0.904. The van der Waals surface area contributed by atoms with Gasteiger partial charge in [-0.1, -0.05) is 54.6 Å². The maximum absolute atomic E-state index is 13.9. The van der Waals surface area contributed by atoms with Gasteiger partial charge < -0.3 is 43.7 Å². The Labute approximate surface area is 308 Å². The SMILES string of the molecule is C=CCC(C)(C)C(=O)O[C@H]1[C@@H]2OC(=O)CCC=CCCC(=O)O[C@H]2[C@@H](OC)O[C@@H]1COC(c1ccc(O)cc1)(c1ccc(O)cc1)c1ccc(O)cc1. The summed E-state index contributed by atoms with van der Waals surface area (Å²) in [4.78, 5) is 40.2. The van der Waals surface area contributed by atoms with Crippen molar-refractivity contribution in [3.8, 4) is 17.2 Å². The summed E-state index contributed by atoms with van der Waals surface area (Å²) < 4.78 is 37.1. The van der Waals surface area contributed by atoms with Gasteiger partial charge in [0.1, 0.15) is 29.0 Å². The van der Waals surface area contributed by atoms with Crippen molar-refractivity contribution in [3.63, 3.8) is 0 Å². The average molecular weight is 731 g/mol. The van der Waals surface area contributed by atoms with Crippen LogP contribution in [0.3, 0.4) is 0 Å². The maximum Gasteiger partial charge on any atom is 0.312 e. The highest BCUT2D eigenvalue weighted by Gasteiger charge is 2.54. The van der Waals surface area contributed by atoms with Gasteiger partial charge in [0.15, 0.2) is 24.6 Å². The topological polar surface area (TPSA) is 167 Å². The molecule has 12 heteroatoms. The van der Waals surface area contributed by atoms with Crippen LogP contribution >= 0.6 is 0 Å². The fourth-order valence-corrected chi connectivity index (χ4v) is 6.44. The van der Waals surface area contributed by atoms with Gasteiger partial charge in [-0.15, -0.1) is 6.58 Å². The van der Waals surface area contributed by atoms with Crippen LogP contribution in [0.15, 0.2) is 97.6 Å².